The summed E-state index contributed by atoms with van der Waals surface area (Å²) in [6.07, 6.45) is 2.39. The second-order valence-corrected chi connectivity index (χ2v) is 8.58. The maximum Gasteiger partial charge on any atom is 0.261 e. The Hall–Kier alpha value is -0.950. The number of piperidine rings is 3. The van der Waals surface area contributed by atoms with Crippen molar-refractivity contribution in [3.05, 3.63) is 27.5 Å². The molecule has 5 rings (SSSR count). The molecule has 0 aliphatic carbocycles. The number of aromatic nitrogens is 1. The first-order chi connectivity index (χ1) is 11.1. The highest BCUT2D eigenvalue weighted by Crippen LogP contribution is 2.34. The molecule has 2 bridgehead atoms. The van der Waals surface area contributed by atoms with E-state index in [0.29, 0.717) is 17.1 Å². The van der Waals surface area contributed by atoms with Crippen LogP contribution in [0.15, 0.2) is 17.5 Å². The lowest BCUT2D eigenvalue weighted by Crippen LogP contribution is -2.62. The van der Waals surface area contributed by atoms with E-state index in [2.05, 4.69) is 22.1 Å². The Kier molecular flexibility index (Phi) is 4.17. The van der Waals surface area contributed by atoms with Crippen LogP contribution in [-0.4, -0.2) is 41.0 Å². The number of thiophene rings is 1. The van der Waals surface area contributed by atoms with E-state index in [1.807, 2.05) is 17.5 Å². The van der Waals surface area contributed by atoms with Crippen molar-refractivity contribution in [2.45, 2.75) is 31.8 Å². The summed E-state index contributed by atoms with van der Waals surface area (Å²) in [6, 6.07) is 4.54. The number of nitrogens with one attached hydrogen (secondary N) is 1. The first-order valence-corrected chi connectivity index (χ1v) is 9.95. The van der Waals surface area contributed by atoms with Crippen LogP contribution >= 0.6 is 34.3 Å². The monoisotopic (exact) mass is 367 g/mol. The zero-order valence-corrected chi connectivity index (χ0v) is 15.2. The normalized spacial score (nSPS) is 29.7. The molecule has 1 amide bonds. The second kappa shape index (κ2) is 6.16. The molecular weight excluding hydrogens is 350 g/mol. The van der Waals surface area contributed by atoms with Gasteiger partial charge in [-0.05, 0) is 50.9 Å². The maximum absolute atomic E-state index is 12.6. The van der Waals surface area contributed by atoms with Gasteiger partial charge in [-0.2, -0.15) is 0 Å². The number of thiazole rings is 1. The van der Waals surface area contributed by atoms with Crippen molar-refractivity contribution in [2.24, 2.45) is 5.92 Å². The molecule has 0 radical (unpaired) electrons. The predicted molar refractivity (Wildman–Crippen MR) is 95.5 cm³/mol. The van der Waals surface area contributed by atoms with Crippen LogP contribution in [0.3, 0.4) is 0 Å². The fraction of sp³-hybridized carbons (Fsp3) is 0.500. The highest BCUT2D eigenvalue weighted by molar-refractivity contribution is 7.22. The Bertz CT molecular complexity index is 718. The molecule has 3 aliphatic rings. The van der Waals surface area contributed by atoms with Crippen molar-refractivity contribution >= 4 is 40.2 Å². The topological polar surface area (TPSA) is 45.2 Å². The number of nitrogens with zero attached hydrogens (tertiary/aromatic N) is 2. The Morgan fingerprint density at radius 2 is 2.17 bits per heavy atom. The summed E-state index contributed by atoms with van der Waals surface area (Å²) in [5.74, 6) is 0.658. The van der Waals surface area contributed by atoms with E-state index in [0.717, 1.165) is 14.8 Å². The van der Waals surface area contributed by atoms with Crippen molar-refractivity contribution in [1.82, 2.24) is 15.2 Å². The summed E-state index contributed by atoms with van der Waals surface area (Å²) in [6.45, 7) is 4.58. The minimum atomic E-state index is 0.0366. The van der Waals surface area contributed by atoms with Crippen molar-refractivity contribution in [3.8, 4) is 9.88 Å². The molecule has 1 N–H and O–H groups in total. The number of amides is 1. The van der Waals surface area contributed by atoms with E-state index in [-0.39, 0.29) is 11.9 Å². The molecule has 2 aromatic rings. The molecule has 23 heavy (non-hydrogen) atoms. The zero-order valence-electron chi connectivity index (χ0n) is 12.8. The largest absolute Gasteiger partial charge is 0.347 e. The third-order valence-electron chi connectivity index (χ3n) is 4.99. The fourth-order valence-electron chi connectivity index (χ4n) is 3.71. The molecule has 5 heterocycles. The molecule has 0 unspecified atom stereocenters. The number of carbonyl (C=O) groups is 1. The average molecular weight is 368 g/mol. The van der Waals surface area contributed by atoms with Gasteiger partial charge < -0.3 is 5.32 Å². The Balaban J connectivity index is 1.48. The van der Waals surface area contributed by atoms with Crippen molar-refractivity contribution in [2.75, 3.05) is 13.1 Å². The van der Waals surface area contributed by atoms with Gasteiger partial charge in [0.1, 0.15) is 10.2 Å². The van der Waals surface area contributed by atoms with Crippen LogP contribution in [0.2, 0.25) is 5.15 Å². The molecule has 0 spiro atoms. The van der Waals surface area contributed by atoms with Crippen molar-refractivity contribution in [1.29, 1.82) is 0 Å². The second-order valence-electron chi connectivity index (χ2n) is 6.25. The smallest absolute Gasteiger partial charge is 0.261 e. The van der Waals surface area contributed by atoms with Crippen LogP contribution in [-0.2, 0) is 0 Å². The predicted octanol–water partition coefficient (Wildman–Crippen LogP) is 3.74. The van der Waals surface area contributed by atoms with E-state index >= 15 is 0 Å². The summed E-state index contributed by atoms with van der Waals surface area (Å²) >= 11 is 8.86. The number of rotatable bonds is 3. The lowest BCUT2D eigenvalue weighted by Gasteiger charge is -2.49. The number of halogens is 1. The molecule has 7 heteroatoms. The molecule has 0 aromatic carbocycles. The first kappa shape index (κ1) is 15.6. The third-order valence-corrected chi connectivity index (χ3v) is 7.41. The van der Waals surface area contributed by atoms with Crippen LogP contribution in [0.1, 0.15) is 29.4 Å². The fourth-order valence-corrected chi connectivity index (χ4v) is 5.64. The quantitative estimate of drug-likeness (QED) is 0.898. The summed E-state index contributed by atoms with van der Waals surface area (Å²) in [7, 11) is 0. The van der Waals surface area contributed by atoms with E-state index in [4.69, 9.17) is 11.6 Å². The minimum Gasteiger partial charge on any atom is -0.347 e. The Labute approximate surface area is 148 Å². The Morgan fingerprint density at radius 3 is 2.83 bits per heavy atom. The molecule has 2 atom stereocenters. The van der Waals surface area contributed by atoms with E-state index in [1.54, 1.807) is 0 Å². The molecular formula is C16H18ClN3OS2. The van der Waals surface area contributed by atoms with Crippen molar-refractivity contribution < 1.29 is 4.79 Å². The van der Waals surface area contributed by atoms with Gasteiger partial charge in [-0.1, -0.05) is 11.6 Å². The number of fused-ring (bicyclic) bond motifs is 3. The molecule has 3 fully saturated rings. The van der Waals surface area contributed by atoms with Crippen LogP contribution in [0.25, 0.3) is 9.88 Å². The van der Waals surface area contributed by atoms with Gasteiger partial charge in [-0.25, -0.2) is 4.98 Å². The van der Waals surface area contributed by atoms with Crippen LogP contribution in [0.5, 0.6) is 0 Å². The molecule has 4 nitrogen and oxygen atoms in total. The molecule has 3 saturated heterocycles. The lowest BCUT2D eigenvalue weighted by molar-refractivity contribution is 0.0218. The van der Waals surface area contributed by atoms with Gasteiger partial charge >= 0.3 is 0 Å². The van der Waals surface area contributed by atoms with Crippen molar-refractivity contribution in [3.63, 3.8) is 0 Å². The summed E-state index contributed by atoms with van der Waals surface area (Å²) in [5, 5.41) is 6.46. The highest BCUT2D eigenvalue weighted by Gasteiger charge is 2.40. The lowest BCUT2D eigenvalue weighted by atomic mass is 9.79. The van der Waals surface area contributed by atoms with Gasteiger partial charge in [0.25, 0.3) is 5.91 Å². The van der Waals surface area contributed by atoms with E-state index < -0.39 is 0 Å². The maximum atomic E-state index is 12.6. The summed E-state index contributed by atoms with van der Waals surface area (Å²) < 4.78 is 0. The molecule has 122 valence electrons. The van der Waals surface area contributed by atoms with E-state index in [9.17, 15) is 4.79 Å². The molecule has 2 aromatic heterocycles. The number of carbonyl (C=O) groups excluding carboxylic acids is 1. The summed E-state index contributed by atoms with van der Waals surface area (Å²) in [5.41, 5.74) is 0. The molecule has 0 saturated carbocycles. The van der Waals surface area contributed by atoms with Gasteiger partial charge in [0.05, 0.1) is 9.75 Å². The van der Waals surface area contributed by atoms with Crippen LogP contribution in [0.4, 0.5) is 0 Å². The third kappa shape index (κ3) is 2.93. The van der Waals surface area contributed by atoms with Crippen LogP contribution in [0, 0.1) is 5.92 Å². The number of hydrogen-bond acceptors (Lipinski definition) is 5. The van der Waals surface area contributed by atoms with Gasteiger partial charge in [0.15, 0.2) is 0 Å². The van der Waals surface area contributed by atoms with Crippen LogP contribution < -0.4 is 5.32 Å². The van der Waals surface area contributed by atoms with Gasteiger partial charge in [-0.3, -0.25) is 9.69 Å². The number of hydrogen-bond donors (Lipinski definition) is 1. The first-order valence-electron chi connectivity index (χ1n) is 7.88. The highest BCUT2D eigenvalue weighted by atomic mass is 35.5. The standard InChI is InChI=1S/C16H18ClN3OS2/c1-9-14(10-4-6-20(9)7-5-10)19-15(21)11-2-3-12(23-11)16-18-13(17)8-22-16/h2-3,8-10,14H,4-7H2,1H3,(H,19,21)/t9-,14-/m0/s1. The van der Waals surface area contributed by atoms with Gasteiger partial charge in [0, 0.05) is 17.5 Å². The Morgan fingerprint density at radius 1 is 1.39 bits per heavy atom. The van der Waals surface area contributed by atoms with E-state index in [1.165, 1.54) is 48.6 Å². The SMILES string of the molecule is C[C@H]1[C@H](NC(=O)c2ccc(-c3nc(Cl)cs3)s2)C2CCN1CC2. The minimum absolute atomic E-state index is 0.0366. The molecule has 3 aliphatic heterocycles. The van der Waals surface area contributed by atoms with Gasteiger partial charge in [-0.15, -0.1) is 22.7 Å². The summed E-state index contributed by atoms with van der Waals surface area (Å²) in [4.78, 5) is 21.1. The average Bonchev–Trinajstić information content (AvgIpc) is 3.20. The zero-order chi connectivity index (χ0) is 16.0. The van der Waals surface area contributed by atoms with Gasteiger partial charge in [0.2, 0.25) is 0 Å².